The molecule has 35 heavy (non-hydrogen) atoms. The van der Waals surface area contributed by atoms with Crippen LogP contribution in [0, 0.1) is 0 Å². The van der Waals surface area contributed by atoms with Gasteiger partial charge in [0, 0.05) is 105 Å². The van der Waals surface area contributed by atoms with Crippen LogP contribution in [0.4, 0.5) is 11.4 Å². The molecule has 0 aliphatic carbocycles. The zero-order chi connectivity index (χ0) is 24.6. The summed E-state index contributed by atoms with van der Waals surface area (Å²) in [6.07, 6.45) is 0. The Kier molecular flexibility index (Phi) is 11.5. The zero-order valence-corrected chi connectivity index (χ0v) is 26.3. The third-order valence-corrected chi connectivity index (χ3v) is 7.19. The van der Waals surface area contributed by atoms with E-state index >= 15 is 0 Å². The maximum Gasteiger partial charge on any atom is 0.294 e. The number of benzene rings is 3. The van der Waals surface area contributed by atoms with Crippen molar-refractivity contribution >= 4 is 90.7 Å². The van der Waals surface area contributed by atoms with Gasteiger partial charge in [0.25, 0.3) is 20.2 Å². The molecule has 0 amide bonds. The molecule has 0 saturated heterocycles. The van der Waals surface area contributed by atoms with Crippen LogP contribution in [-0.2, 0) is 20.2 Å². The monoisotopic (exact) mass is 536 g/mol. The Morgan fingerprint density at radius 3 is 1.57 bits per heavy atom. The van der Waals surface area contributed by atoms with Gasteiger partial charge in [-0.2, -0.15) is 16.8 Å². The Bertz CT molecular complexity index is 1380. The van der Waals surface area contributed by atoms with Crippen LogP contribution in [0.2, 0.25) is 0 Å². The van der Waals surface area contributed by atoms with Gasteiger partial charge < -0.3 is 9.80 Å². The fraction of sp³-hybridized carbons (Fsp3) is 0.217. The molecule has 1 atom stereocenters. The summed E-state index contributed by atoms with van der Waals surface area (Å²) in [6.45, 7) is 0. The van der Waals surface area contributed by atoms with Gasteiger partial charge in [0.15, 0.2) is 0 Å². The number of hydrogen-bond donors (Lipinski definition) is 2. The van der Waals surface area contributed by atoms with E-state index in [1.54, 1.807) is 49.3 Å². The molecule has 0 saturated carbocycles. The largest absolute Gasteiger partial charge is 0.378 e. The van der Waals surface area contributed by atoms with Crippen molar-refractivity contribution in [1.82, 2.24) is 0 Å². The van der Waals surface area contributed by atoms with Crippen molar-refractivity contribution in [1.29, 1.82) is 0 Å². The minimum Gasteiger partial charge on any atom is -0.378 e. The molecule has 0 aliphatic heterocycles. The van der Waals surface area contributed by atoms with Gasteiger partial charge in [-0.1, -0.05) is 36.4 Å². The summed E-state index contributed by atoms with van der Waals surface area (Å²) < 4.78 is 69.0. The molecule has 12 heteroatoms. The van der Waals surface area contributed by atoms with E-state index in [9.17, 15) is 25.9 Å². The van der Waals surface area contributed by atoms with Crippen LogP contribution in [0.5, 0.6) is 0 Å². The molecule has 2 N–H and O–H groups in total. The van der Waals surface area contributed by atoms with E-state index in [-0.39, 0.29) is 80.0 Å². The normalized spacial score (nSPS) is 12.2. The molecular weight excluding hydrogens is 510 g/mol. The van der Waals surface area contributed by atoms with E-state index in [1.807, 2.05) is 31.1 Å². The predicted octanol–water partition coefficient (Wildman–Crippen LogP) is 2.73. The third kappa shape index (κ3) is 7.54. The summed E-state index contributed by atoms with van der Waals surface area (Å²) in [7, 11) is -2.08. The van der Waals surface area contributed by atoms with Gasteiger partial charge in [-0.25, -0.2) is 0 Å². The molecule has 0 fully saturated rings. The maximum atomic E-state index is 12.4. The van der Waals surface area contributed by atoms with Crippen molar-refractivity contribution in [3.05, 3.63) is 83.4 Å². The van der Waals surface area contributed by atoms with Crippen molar-refractivity contribution in [2.45, 2.75) is 15.7 Å². The van der Waals surface area contributed by atoms with E-state index in [0.29, 0.717) is 11.3 Å². The van der Waals surface area contributed by atoms with E-state index in [0.717, 1.165) is 5.69 Å². The van der Waals surface area contributed by atoms with Gasteiger partial charge in [0.05, 0.1) is 4.90 Å². The molecule has 1 unspecified atom stereocenters. The minimum atomic E-state index is -4.67. The Labute approximate surface area is 251 Å². The van der Waals surface area contributed by atoms with Gasteiger partial charge in [-0.3, -0.25) is 9.11 Å². The number of rotatable bonds is 7. The minimum absolute atomic E-state index is 0. The van der Waals surface area contributed by atoms with Gasteiger partial charge in [0.2, 0.25) is 0 Å². The molecule has 0 bridgehead atoms. The molecule has 0 aromatic heterocycles. The van der Waals surface area contributed by atoms with Crippen LogP contribution < -0.4 is 9.80 Å². The zero-order valence-electron chi connectivity index (χ0n) is 20.7. The van der Waals surface area contributed by atoms with Crippen LogP contribution in [0.3, 0.4) is 0 Å². The van der Waals surface area contributed by atoms with Crippen molar-refractivity contribution < 1.29 is 25.9 Å². The molecule has 0 spiro atoms. The predicted molar refractivity (Wildman–Crippen MR) is 140 cm³/mol. The Morgan fingerprint density at radius 2 is 1.09 bits per heavy atom. The van der Waals surface area contributed by atoms with Gasteiger partial charge in [-0.15, -0.1) is 0 Å². The Balaban J connectivity index is 0.00000306. The van der Waals surface area contributed by atoms with E-state index in [4.69, 9.17) is 0 Å². The van der Waals surface area contributed by atoms with Crippen molar-refractivity contribution in [2.24, 2.45) is 0 Å². The van der Waals surface area contributed by atoms with Crippen molar-refractivity contribution in [2.75, 3.05) is 38.0 Å². The number of hydrogen-bond acceptors (Lipinski definition) is 6. The van der Waals surface area contributed by atoms with Crippen molar-refractivity contribution in [3.63, 3.8) is 0 Å². The Morgan fingerprint density at radius 1 is 0.629 bits per heavy atom. The summed E-state index contributed by atoms with van der Waals surface area (Å²) in [5, 5.41) is 0. The molecule has 3 aromatic carbocycles. The second-order valence-corrected chi connectivity index (χ2v) is 10.8. The van der Waals surface area contributed by atoms with Gasteiger partial charge >= 0.3 is 0 Å². The van der Waals surface area contributed by atoms with Gasteiger partial charge in [-0.05, 0) is 47.0 Å². The third-order valence-electron chi connectivity index (χ3n) is 5.35. The average Bonchev–Trinajstić information content (AvgIpc) is 2.73. The molecule has 3 rings (SSSR count). The second kappa shape index (κ2) is 12.6. The topological polar surface area (TPSA) is 115 Å². The number of anilines is 2. The fourth-order valence-electron chi connectivity index (χ4n) is 3.71. The molecular formula is C23H26N2Na2O6S2. The first-order chi connectivity index (χ1) is 15.3. The van der Waals surface area contributed by atoms with Crippen LogP contribution in [-0.4, -0.2) is 113 Å². The molecule has 0 heterocycles. The quantitative estimate of drug-likeness (QED) is 0.269. The van der Waals surface area contributed by atoms with E-state index < -0.39 is 26.2 Å². The first kappa shape index (κ1) is 32.1. The smallest absolute Gasteiger partial charge is 0.294 e. The van der Waals surface area contributed by atoms with Crippen LogP contribution in [0.1, 0.15) is 22.6 Å². The maximum absolute atomic E-state index is 12.4. The van der Waals surface area contributed by atoms with E-state index in [2.05, 4.69) is 0 Å². The van der Waals surface area contributed by atoms with Crippen LogP contribution in [0.15, 0.2) is 76.5 Å². The summed E-state index contributed by atoms with van der Waals surface area (Å²) >= 11 is 0. The average molecular weight is 537 g/mol. The fourth-order valence-corrected chi connectivity index (χ4v) is 5.20. The van der Waals surface area contributed by atoms with Crippen molar-refractivity contribution in [3.8, 4) is 0 Å². The molecule has 2 radical (unpaired) electrons. The summed E-state index contributed by atoms with van der Waals surface area (Å²) in [5.41, 5.74) is 2.37. The SMILES string of the molecule is CN(C)c1ccc(C(c2ccccc2S(=O)(=O)O)c2ccc(N(C)C)cc2S(=O)(=O)O)cc1.[Na].[Na]. The van der Waals surface area contributed by atoms with Crippen LogP contribution >= 0.6 is 0 Å². The number of nitrogens with zero attached hydrogens (tertiary/aromatic N) is 2. The molecule has 8 nitrogen and oxygen atoms in total. The summed E-state index contributed by atoms with van der Waals surface area (Å²) in [4.78, 5) is 2.89. The van der Waals surface area contributed by atoms with E-state index in [1.165, 1.54) is 24.3 Å². The van der Waals surface area contributed by atoms with Gasteiger partial charge in [0.1, 0.15) is 4.90 Å². The first-order valence-corrected chi connectivity index (χ1v) is 12.8. The summed E-state index contributed by atoms with van der Waals surface area (Å²) in [5.74, 6) is -0.910. The first-order valence-electron chi connectivity index (χ1n) is 9.93. The summed E-state index contributed by atoms with van der Waals surface area (Å²) in [6, 6.07) is 17.6. The molecule has 3 aromatic rings. The molecule has 178 valence electrons. The molecule has 0 aliphatic rings. The van der Waals surface area contributed by atoms with Crippen LogP contribution in [0.25, 0.3) is 0 Å². The Hall–Kier alpha value is -0.920. The standard InChI is InChI=1S/C23H26N2O6S2.2Na/c1-24(2)17-11-9-16(10-12-17)23(19-7-5-6-8-21(19)32(26,27)28)20-14-13-18(25(3)4)15-22(20)33(29,30)31;;/h5-15,23H,1-4H3,(H,26,27,28)(H,29,30,31);;. The second-order valence-electron chi connectivity index (χ2n) is 8.02.